The van der Waals surface area contributed by atoms with Gasteiger partial charge in [-0.2, -0.15) is 0 Å². The molecule has 0 radical (unpaired) electrons. The van der Waals surface area contributed by atoms with E-state index in [4.69, 9.17) is 0 Å². The number of likely N-dealkylation sites (tertiary alicyclic amines) is 1. The van der Waals surface area contributed by atoms with Crippen LogP contribution in [0.4, 0.5) is 0 Å². The zero-order chi connectivity index (χ0) is 20.8. The SMILES string of the molecule is CC(=O)N1CCC(NC(=O)CN2CCN(Cc3ccc(C(C)C)cc3)CC2)CC1. The summed E-state index contributed by atoms with van der Waals surface area (Å²) in [6.45, 7) is 12.9. The third-order valence-corrected chi connectivity index (χ3v) is 6.19. The molecule has 160 valence electrons. The lowest BCUT2D eigenvalue weighted by Gasteiger charge is -2.35. The maximum Gasteiger partial charge on any atom is 0.234 e. The summed E-state index contributed by atoms with van der Waals surface area (Å²) < 4.78 is 0. The van der Waals surface area contributed by atoms with Gasteiger partial charge in [0.1, 0.15) is 0 Å². The molecule has 3 rings (SSSR count). The Hall–Kier alpha value is -1.92. The molecule has 29 heavy (non-hydrogen) atoms. The third kappa shape index (κ3) is 6.54. The third-order valence-electron chi connectivity index (χ3n) is 6.19. The molecular weight excluding hydrogens is 364 g/mol. The molecule has 2 aliphatic heterocycles. The summed E-state index contributed by atoms with van der Waals surface area (Å²) in [5.41, 5.74) is 2.74. The molecule has 0 aliphatic carbocycles. The Bertz CT molecular complexity index is 673. The highest BCUT2D eigenvalue weighted by Gasteiger charge is 2.24. The number of benzene rings is 1. The lowest BCUT2D eigenvalue weighted by atomic mass is 10.0. The van der Waals surface area contributed by atoms with E-state index in [1.54, 1.807) is 6.92 Å². The van der Waals surface area contributed by atoms with Crippen molar-refractivity contribution in [1.82, 2.24) is 20.0 Å². The average molecular weight is 401 g/mol. The highest BCUT2D eigenvalue weighted by molar-refractivity contribution is 5.78. The van der Waals surface area contributed by atoms with Crippen LogP contribution in [0.3, 0.4) is 0 Å². The molecule has 0 saturated carbocycles. The number of rotatable bonds is 6. The largest absolute Gasteiger partial charge is 0.352 e. The lowest BCUT2D eigenvalue weighted by Crippen LogP contribution is -2.51. The number of nitrogens with one attached hydrogen (secondary N) is 1. The number of hydrogen-bond acceptors (Lipinski definition) is 4. The predicted octanol–water partition coefficient (Wildman–Crippen LogP) is 2.05. The minimum absolute atomic E-state index is 0.115. The van der Waals surface area contributed by atoms with Gasteiger partial charge in [0.25, 0.3) is 0 Å². The second kappa shape index (κ2) is 10.2. The van der Waals surface area contributed by atoms with Gasteiger partial charge in [-0.1, -0.05) is 38.1 Å². The topological polar surface area (TPSA) is 55.9 Å². The van der Waals surface area contributed by atoms with Gasteiger partial charge < -0.3 is 10.2 Å². The zero-order valence-electron chi connectivity index (χ0n) is 18.2. The molecule has 0 atom stereocenters. The molecule has 2 aliphatic rings. The number of piperazine rings is 1. The van der Waals surface area contributed by atoms with E-state index < -0.39 is 0 Å². The number of amides is 2. The summed E-state index contributed by atoms with van der Waals surface area (Å²) in [6.07, 6.45) is 1.71. The first kappa shape index (κ1) is 21.8. The zero-order valence-corrected chi connectivity index (χ0v) is 18.2. The second-order valence-corrected chi connectivity index (χ2v) is 8.80. The normalized spacial score (nSPS) is 19.5. The monoisotopic (exact) mass is 400 g/mol. The second-order valence-electron chi connectivity index (χ2n) is 8.80. The quantitative estimate of drug-likeness (QED) is 0.794. The van der Waals surface area contributed by atoms with Crippen LogP contribution in [-0.2, 0) is 16.1 Å². The summed E-state index contributed by atoms with van der Waals surface area (Å²) in [4.78, 5) is 30.4. The van der Waals surface area contributed by atoms with Crippen molar-refractivity contribution in [2.45, 2.75) is 52.1 Å². The molecule has 1 N–H and O–H groups in total. The highest BCUT2D eigenvalue weighted by atomic mass is 16.2. The predicted molar refractivity (Wildman–Crippen MR) is 116 cm³/mol. The smallest absolute Gasteiger partial charge is 0.234 e. The molecule has 1 aromatic rings. The van der Waals surface area contributed by atoms with E-state index in [9.17, 15) is 9.59 Å². The summed E-state index contributed by atoms with van der Waals surface area (Å²) in [7, 11) is 0. The van der Waals surface area contributed by atoms with Crippen LogP contribution in [0.15, 0.2) is 24.3 Å². The van der Waals surface area contributed by atoms with E-state index in [0.29, 0.717) is 12.5 Å². The van der Waals surface area contributed by atoms with E-state index in [1.165, 1.54) is 11.1 Å². The molecule has 2 saturated heterocycles. The number of carbonyl (C=O) groups excluding carboxylic acids is 2. The molecule has 0 bridgehead atoms. The van der Waals surface area contributed by atoms with Crippen LogP contribution in [0.1, 0.15) is 50.7 Å². The van der Waals surface area contributed by atoms with Crippen LogP contribution in [0, 0.1) is 0 Å². The first-order valence-electron chi connectivity index (χ1n) is 11.0. The molecule has 2 amide bonds. The van der Waals surface area contributed by atoms with Gasteiger partial charge in [0, 0.05) is 58.8 Å². The van der Waals surface area contributed by atoms with E-state index in [0.717, 1.165) is 58.7 Å². The van der Waals surface area contributed by atoms with E-state index in [-0.39, 0.29) is 17.9 Å². The molecule has 2 fully saturated rings. The maximum absolute atomic E-state index is 12.4. The van der Waals surface area contributed by atoms with Gasteiger partial charge in [-0.05, 0) is 29.9 Å². The first-order valence-corrected chi connectivity index (χ1v) is 11.0. The minimum Gasteiger partial charge on any atom is -0.352 e. The van der Waals surface area contributed by atoms with Crippen LogP contribution in [0.2, 0.25) is 0 Å². The van der Waals surface area contributed by atoms with Crippen LogP contribution in [0.25, 0.3) is 0 Å². The lowest BCUT2D eigenvalue weighted by molar-refractivity contribution is -0.130. The average Bonchev–Trinajstić information content (AvgIpc) is 2.70. The van der Waals surface area contributed by atoms with Crippen molar-refractivity contribution in [3.63, 3.8) is 0 Å². The number of piperidine rings is 1. The van der Waals surface area contributed by atoms with Gasteiger partial charge >= 0.3 is 0 Å². The van der Waals surface area contributed by atoms with E-state index >= 15 is 0 Å². The molecule has 1 aromatic carbocycles. The van der Waals surface area contributed by atoms with Crippen LogP contribution < -0.4 is 5.32 Å². The minimum atomic E-state index is 0.115. The first-order chi connectivity index (χ1) is 13.9. The molecule has 6 nitrogen and oxygen atoms in total. The van der Waals surface area contributed by atoms with Crippen molar-refractivity contribution in [2.24, 2.45) is 0 Å². The van der Waals surface area contributed by atoms with Crippen molar-refractivity contribution in [2.75, 3.05) is 45.8 Å². The molecular formula is C23H36N4O2. The Morgan fingerprint density at radius 2 is 1.55 bits per heavy atom. The number of hydrogen-bond donors (Lipinski definition) is 1. The Kier molecular flexibility index (Phi) is 7.67. The fourth-order valence-electron chi connectivity index (χ4n) is 4.19. The van der Waals surface area contributed by atoms with Gasteiger partial charge in [0.2, 0.25) is 11.8 Å². The Balaban J connectivity index is 1.35. The maximum atomic E-state index is 12.4. The Labute approximate surface area is 175 Å². The Morgan fingerprint density at radius 3 is 2.10 bits per heavy atom. The van der Waals surface area contributed by atoms with Crippen LogP contribution in [-0.4, -0.2) is 78.4 Å². The number of nitrogens with zero attached hydrogens (tertiary/aromatic N) is 3. The Morgan fingerprint density at radius 1 is 0.966 bits per heavy atom. The fourth-order valence-corrected chi connectivity index (χ4v) is 4.19. The summed E-state index contributed by atoms with van der Waals surface area (Å²) >= 11 is 0. The van der Waals surface area contributed by atoms with Crippen LogP contribution >= 0.6 is 0 Å². The van der Waals surface area contributed by atoms with E-state index in [1.807, 2.05) is 4.90 Å². The van der Waals surface area contributed by atoms with Gasteiger partial charge in [-0.25, -0.2) is 0 Å². The van der Waals surface area contributed by atoms with Crippen molar-refractivity contribution in [3.8, 4) is 0 Å². The number of carbonyl (C=O) groups is 2. The summed E-state index contributed by atoms with van der Waals surface area (Å²) in [6, 6.07) is 9.16. The molecule has 0 unspecified atom stereocenters. The van der Waals surface area contributed by atoms with Crippen molar-refractivity contribution >= 4 is 11.8 Å². The highest BCUT2D eigenvalue weighted by Crippen LogP contribution is 2.16. The van der Waals surface area contributed by atoms with Gasteiger partial charge in [0.05, 0.1) is 6.54 Å². The van der Waals surface area contributed by atoms with Gasteiger partial charge in [-0.3, -0.25) is 19.4 Å². The van der Waals surface area contributed by atoms with Gasteiger partial charge in [-0.15, -0.1) is 0 Å². The van der Waals surface area contributed by atoms with Crippen LogP contribution in [0.5, 0.6) is 0 Å². The summed E-state index contributed by atoms with van der Waals surface area (Å²) in [5.74, 6) is 0.813. The van der Waals surface area contributed by atoms with Crippen molar-refractivity contribution in [3.05, 3.63) is 35.4 Å². The molecule has 2 heterocycles. The fraction of sp³-hybridized carbons (Fsp3) is 0.652. The van der Waals surface area contributed by atoms with E-state index in [2.05, 4.69) is 53.2 Å². The van der Waals surface area contributed by atoms with Crippen molar-refractivity contribution < 1.29 is 9.59 Å². The molecule has 0 aromatic heterocycles. The summed E-state index contributed by atoms with van der Waals surface area (Å²) in [5, 5.41) is 3.16. The molecule has 6 heteroatoms. The standard InChI is InChI=1S/C23H36N4O2/c1-18(2)21-6-4-20(5-7-21)16-25-12-14-26(15-13-25)17-23(29)24-22-8-10-27(11-9-22)19(3)28/h4-7,18,22H,8-17H2,1-3H3,(H,24,29). The van der Waals surface area contributed by atoms with Gasteiger partial charge in [0.15, 0.2) is 0 Å². The molecule has 0 spiro atoms. The van der Waals surface area contributed by atoms with Crippen molar-refractivity contribution in [1.29, 1.82) is 0 Å².